The Bertz CT molecular complexity index is 527. The van der Waals surface area contributed by atoms with Crippen LogP contribution in [-0.2, 0) is 6.54 Å². The monoisotopic (exact) mass is 345 g/mol. The third-order valence-corrected chi connectivity index (χ3v) is 5.51. The van der Waals surface area contributed by atoms with Crippen molar-refractivity contribution in [1.29, 1.82) is 0 Å². The Balaban J connectivity index is 1.44. The molecule has 1 aromatic carbocycles. The number of benzene rings is 1. The van der Waals surface area contributed by atoms with E-state index in [1.807, 2.05) is 4.90 Å². The summed E-state index contributed by atoms with van der Waals surface area (Å²) in [5.74, 6) is 0. The van der Waals surface area contributed by atoms with E-state index in [0.29, 0.717) is 6.42 Å². The molecule has 3 rings (SSSR count). The van der Waals surface area contributed by atoms with Gasteiger partial charge in [0.1, 0.15) is 0 Å². The van der Waals surface area contributed by atoms with Crippen LogP contribution in [-0.4, -0.2) is 59.3 Å². The van der Waals surface area contributed by atoms with Crippen molar-refractivity contribution in [3.8, 4) is 0 Å². The lowest BCUT2D eigenvalue weighted by atomic mass is 10.00. The average molecular weight is 345 g/mol. The van der Waals surface area contributed by atoms with Crippen molar-refractivity contribution in [3.63, 3.8) is 0 Å². The molecule has 1 aromatic rings. The molecule has 2 amide bonds. The molecule has 0 radical (unpaired) electrons. The van der Waals surface area contributed by atoms with Crippen molar-refractivity contribution in [2.45, 2.75) is 57.2 Å². The van der Waals surface area contributed by atoms with Crippen LogP contribution < -0.4 is 5.32 Å². The predicted molar refractivity (Wildman–Crippen MR) is 99.3 cm³/mol. The van der Waals surface area contributed by atoms with Crippen molar-refractivity contribution in [1.82, 2.24) is 15.1 Å². The minimum atomic E-state index is 0.0691. The second-order valence-corrected chi connectivity index (χ2v) is 7.34. The zero-order valence-corrected chi connectivity index (χ0v) is 15.1. The van der Waals surface area contributed by atoms with E-state index in [4.69, 9.17) is 0 Å². The van der Waals surface area contributed by atoms with Gasteiger partial charge in [0.05, 0.1) is 0 Å². The number of nitrogens with zero attached hydrogens (tertiary/aromatic N) is 2. The van der Waals surface area contributed by atoms with Gasteiger partial charge in [-0.25, -0.2) is 4.79 Å². The van der Waals surface area contributed by atoms with E-state index < -0.39 is 0 Å². The second-order valence-electron chi connectivity index (χ2n) is 7.34. The molecule has 2 fully saturated rings. The molecule has 1 unspecified atom stereocenters. The molecule has 0 saturated carbocycles. The van der Waals surface area contributed by atoms with Crippen molar-refractivity contribution < 1.29 is 9.90 Å². The maximum atomic E-state index is 12.6. The van der Waals surface area contributed by atoms with Gasteiger partial charge in [0.2, 0.25) is 0 Å². The van der Waals surface area contributed by atoms with Gasteiger partial charge in [-0.05, 0) is 44.1 Å². The van der Waals surface area contributed by atoms with Crippen LogP contribution >= 0.6 is 0 Å². The first kappa shape index (κ1) is 18.2. The predicted octanol–water partition coefficient (Wildman–Crippen LogP) is 2.60. The molecule has 2 saturated heterocycles. The van der Waals surface area contributed by atoms with E-state index in [-0.39, 0.29) is 24.7 Å². The number of nitrogens with one attached hydrogen (secondary N) is 1. The molecule has 2 heterocycles. The second kappa shape index (κ2) is 9.20. The summed E-state index contributed by atoms with van der Waals surface area (Å²) < 4.78 is 0. The van der Waals surface area contributed by atoms with E-state index in [1.54, 1.807) is 0 Å². The topological polar surface area (TPSA) is 55.8 Å². The molecule has 0 bridgehead atoms. The highest BCUT2D eigenvalue weighted by atomic mass is 16.3. The smallest absolute Gasteiger partial charge is 0.317 e. The summed E-state index contributed by atoms with van der Waals surface area (Å²) in [4.78, 5) is 17.1. The van der Waals surface area contributed by atoms with Gasteiger partial charge in [0.25, 0.3) is 0 Å². The van der Waals surface area contributed by atoms with E-state index in [9.17, 15) is 9.90 Å². The van der Waals surface area contributed by atoms with Gasteiger partial charge < -0.3 is 15.3 Å². The minimum absolute atomic E-state index is 0.0691. The van der Waals surface area contributed by atoms with Crippen LogP contribution in [0.3, 0.4) is 0 Å². The standard InChI is InChI=1S/C20H31N3O2/c24-15-11-19-8-4-5-12-23(19)20(25)21-18-9-13-22(14-10-18)16-17-6-2-1-3-7-17/h1-3,6-7,18-19,24H,4-5,8-16H2,(H,21,25). The lowest BCUT2D eigenvalue weighted by Crippen LogP contribution is -2.53. The van der Waals surface area contributed by atoms with Crippen LogP contribution in [0.4, 0.5) is 4.79 Å². The SMILES string of the molecule is O=C(NC1CCN(Cc2ccccc2)CC1)N1CCCCC1CCO. The fourth-order valence-electron chi connectivity index (χ4n) is 4.05. The van der Waals surface area contributed by atoms with Crippen LogP contribution in [0.2, 0.25) is 0 Å². The molecule has 2 N–H and O–H groups in total. The van der Waals surface area contributed by atoms with Gasteiger partial charge in [0, 0.05) is 44.9 Å². The Morgan fingerprint density at radius 3 is 2.56 bits per heavy atom. The summed E-state index contributed by atoms with van der Waals surface area (Å²) >= 11 is 0. The van der Waals surface area contributed by atoms with Crippen LogP contribution in [0.25, 0.3) is 0 Å². The molecule has 25 heavy (non-hydrogen) atoms. The molecule has 1 atom stereocenters. The number of carbonyl (C=O) groups excluding carboxylic acids is 1. The van der Waals surface area contributed by atoms with E-state index in [1.165, 1.54) is 5.56 Å². The summed E-state index contributed by atoms with van der Waals surface area (Å²) in [5, 5.41) is 12.5. The molecular weight excluding hydrogens is 314 g/mol. The third-order valence-electron chi connectivity index (χ3n) is 5.51. The molecule has 0 aromatic heterocycles. The third kappa shape index (κ3) is 5.19. The summed E-state index contributed by atoms with van der Waals surface area (Å²) in [6, 6.07) is 11.1. The fourth-order valence-corrected chi connectivity index (χ4v) is 4.05. The average Bonchev–Trinajstić information content (AvgIpc) is 2.65. The number of piperidine rings is 2. The number of hydrogen-bond donors (Lipinski definition) is 2. The number of hydrogen-bond acceptors (Lipinski definition) is 3. The summed E-state index contributed by atoms with van der Waals surface area (Å²) in [7, 11) is 0. The largest absolute Gasteiger partial charge is 0.396 e. The molecule has 2 aliphatic heterocycles. The van der Waals surface area contributed by atoms with Crippen molar-refractivity contribution in [3.05, 3.63) is 35.9 Å². The minimum Gasteiger partial charge on any atom is -0.396 e. The number of rotatable bonds is 5. The van der Waals surface area contributed by atoms with Crippen molar-refractivity contribution in [2.24, 2.45) is 0 Å². The number of aliphatic hydroxyl groups is 1. The first-order valence-electron chi connectivity index (χ1n) is 9.70. The van der Waals surface area contributed by atoms with Gasteiger partial charge in [-0.1, -0.05) is 30.3 Å². The molecule has 5 nitrogen and oxygen atoms in total. The van der Waals surface area contributed by atoms with Gasteiger partial charge in [0.15, 0.2) is 0 Å². The molecule has 0 aliphatic carbocycles. The highest BCUT2D eigenvalue weighted by Gasteiger charge is 2.28. The van der Waals surface area contributed by atoms with E-state index in [2.05, 4.69) is 40.5 Å². The van der Waals surface area contributed by atoms with Gasteiger partial charge in [-0.15, -0.1) is 0 Å². The summed E-state index contributed by atoms with van der Waals surface area (Å²) in [5.41, 5.74) is 1.35. The fraction of sp³-hybridized carbons (Fsp3) is 0.650. The normalized spacial score (nSPS) is 22.8. The van der Waals surface area contributed by atoms with Gasteiger partial charge in [-0.3, -0.25) is 4.90 Å². The molecule has 138 valence electrons. The Hall–Kier alpha value is -1.59. The molecular formula is C20H31N3O2. The zero-order valence-electron chi connectivity index (χ0n) is 15.1. The lowest BCUT2D eigenvalue weighted by Gasteiger charge is -2.38. The highest BCUT2D eigenvalue weighted by Crippen LogP contribution is 2.20. The zero-order chi connectivity index (χ0) is 17.5. The van der Waals surface area contributed by atoms with E-state index >= 15 is 0 Å². The molecule has 2 aliphatic rings. The summed E-state index contributed by atoms with van der Waals surface area (Å²) in [6.45, 7) is 4.03. The first-order valence-corrected chi connectivity index (χ1v) is 9.70. The first-order chi connectivity index (χ1) is 12.3. The van der Waals surface area contributed by atoms with E-state index in [0.717, 1.165) is 58.3 Å². The Kier molecular flexibility index (Phi) is 6.70. The number of aliphatic hydroxyl groups excluding tert-OH is 1. The van der Waals surface area contributed by atoms with Crippen LogP contribution in [0.5, 0.6) is 0 Å². The molecule has 5 heteroatoms. The van der Waals surface area contributed by atoms with Gasteiger partial charge >= 0.3 is 6.03 Å². The Morgan fingerprint density at radius 1 is 1.08 bits per heavy atom. The maximum Gasteiger partial charge on any atom is 0.317 e. The molecule has 0 spiro atoms. The lowest BCUT2D eigenvalue weighted by molar-refractivity contribution is 0.123. The van der Waals surface area contributed by atoms with Crippen molar-refractivity contribution >= 4 is 6.03 Å². The van der Waals surface area contributed by atoms with Crippen LogP contribution in [0, 0.1) is 0 Å². The Morgan fingerprint density at radius 2 is 1.84 bits per heavy atom. The maximum absolute atomic E-state index is 12.6. The number of carbonyl (C=O) groups is 1. The quantitative estimate of drug-likeness (QED) is 0.862. The highest BCUT2D eigenvalue weighted by molar-refractivity contribution is 5.75. The number of urea groups is 1. The van der Waals surface area contributed by atoms with Crippen molar-refractivity contribution in [2.75, 3.05) is 26.2 Å². The van der Waals surface area contributed by atoms with Crippen LogP contribution in [0.15, 0.2) is 30.3 Å². The Labute approximate surface area is 151 Å². The number of likely N-dealkylation sites (tertiary alicyclic amines) is 2. The van der Waals surface area contributed by atoms with Crippen LogP contribution in [0.1, 0.15) is 44.1 Å². The van der Waals surface area contributed by atoms with Gasteiger partial charge in [-0.2, -0.15) is 0 Å². The summed E-state index contributed by atoms with van der Waals surface area (Å²) in [6.07, 6.45) is 5.97. The number of amides is 2.